The number of unbranched alkanes of at least 4 members (excludes halogenated alkanes) is 1. The zero-order valence-electron chi connectivity index (χ0n) is 14.4. The Bertz CT molecular complexity index is 803. The first kappa shape index (κ1) is 19.0. The van der Waals surface area contributed by atoms with Gasteiger partial charge in [-0.3, -0.25) is 0 Å². The van der Waals surface area contributed by atoms with E-state index in [1.165, 1.54) is 12.1 Å². The highest BCUT2D eigenvalue weighted by Crippen LogP contribution is 2.27. The molecule has 1 N–H and O–H groups in total. The Morgan fingerprint density at radius 2 is 1.84 bits per heavy atom. The van der Waals surface area contributed by atoms with Crippen LogP contribution in [0.5, 0.6) is 0 Å². The SMILES string of the molecule is CCCCOC(=O)NC(c1cccc(C)c1)S(=O)(=O)c1ccccc1. The lowest BCUT2D eigenvalue weighted by molar-refractivity contribution is 0.143. The molecule has 1 amide bonds. The van der Waals surface area contributed by atoms with Gasteiger partial charge in [0.2, 0.25) is 9.84 Å². The number of benzene rings is 2. The molecular formula is C19H23NO4S. The molecule has 0 aliphatic carbocycles. The van der Waals surface area contributed by atoms with E-state index >= 15 is 0 Å². The minimum absolute atomic E-state index is 0.148. The second-order valence-electron chi connectivity index (χ2n) is 5.79. The Kier molecular flexibility index (Phi) is 6.58. The highest BCUT2D eigenvalue weighted by Gasteiger charge is 2.31. The van der Waals surface area contributed by atoms with Gasteiger partial charge in [-0.2, -0.15) is 0 Å². The molecule has 0 bridgehead atoms. The van der Waals surface area contributed by atoms with Crippen molar-refractivity contribution in [3.8, 4) is 0 Å². The summed E-state index contributed by atoms with van der Waals surface area (Å²) in [5.74, 6) is 0. The number of ether oxygens (including phenoxy) is 1. The third-order valence-electron chi connectivity index (χ3n) is 3.71. The summed E-state index contributed by atoms with van der Waals surface area (Å²) in [6.45, 7) is 4.11. The Morgan fingerprint density at radius 3 is 2.48 bits per heavy atom. The first-order chi connectivity index (χ1) is 11.9. The summed E-state index contributed by atoms with van der Waals surface area (Å²) in [5.41, 5.74) is 1.41. The molecule has 0 aliphatic rings. The number of nitrogens with one attached hydrogen (secondary N) is 1. The van der Waals surface area contributed by atoms with Crippen molar-refractivity contribution in [2.45, 2.75) is 37.0 Å². The summed E-state index contributed by atoms with van der Waals surface area (Å²) in [4.78, 5) is 12.2. The van der Waals surface area contributed by atoms with Crippen LogP contribution in [-0.2, 0) is 14.6 Å². The van der Waals surface area contributed by atoms with E-state index in [0.717, 1.165) is 18.4 Å². The van der Waals surface area contributed by atoms with Gasteiger partial charge in [-0.1, -0.05) is 61.4 Å². The van der Waals surface area contributed by atoms with Crippen molar-refractivity contribution in [3.63, 3.8) is 0 Å². The van der Waals surface area contributed by atoms with E-state index in [1.807, 2.05) is 19.9 Å². The van der Waals surface area contributed by atoms with E-state index in [4.69, 9.17) is 4.74 Å². The van der Waals surface area contributed by atoms with Gasteiger partial charge in [0.25, 0.3) is 0 Å². The maximum atomic E-state index is 13.0. The molecule has 2 aromatic rings. The molecule has 1 unspecified atom stereocenters. The summed E-state index contributed by atoms with van der Waals surface area (Å²) in [7, 11) is -3.81. The quantitative estimate of drug-likeness (QED) is 0.757. The highest BCUT2D eigenvalue weighted by molar-refractivity contribution is 7.91. The van der Waals surface area contributed by atoms with Crippen LogP contribution in [0.25, 0.3) is 0 Å². The lowest BCUT2D eigenvalue weighted by Gasteiger charge is -2.20. The van der Waals surface area contributed by atoms with Gasteiger partial charge in [0.1, 0.15) is 0 Å². The summed E-state index contributed by atoms with van der Waals surface area (Å²) >= 11 is 0. The molecule has 0 aromatic heterocycles. The van der Waals surface area contributed by atoms with Gasteiger partial charge < -0.3 is 10.1 Å². The van der Waals surface area contributed by atoms with Crippen LogP contribution in [0, 0.1) is 6.92 Å². The van der Waals surface area contributed by atoms with E-state index in [2.05, 4.69) is 5.32 Å². The third kappa shape index (κ3) is 5.06. The van der Waals surface area contributed by atoms with Crippen molar-refractivity contribution in [2.75, 3.05) is 6.61 Å². The van der Waals surface area contributed by atoms with Crippen molar-refractivity contribution in [1.29, 1.82) is 0 Å². The van der Waals surface area contributed by atoms with Crippen LogP contribution in [0.15, 0.2) is 59.5 Å². The number of rotatable bonds is 7. The van der Waals surface area contributed by atoms with Crippen LogP contribution in [0.3, 0.4) is 0 Å². The van der Waals surface area contributed by atoms with Crippen molar-refractivity contribution in [2.24, 2.45) is 0 Å². The van der Waals surface area contributed by atoms with Crippen LogP contribution in [0.1, 0.15) is 36.3 Å². The average molecular weight is 361 g/mol. The van der Waals surface area contributed by atoms with Gasteiger partial charge in [0.05, 0.1) is 11.5 Å². The third-order valence-corrected chi connectivity index (χ3v) is 5.65. The van der Waals surface area contributed by atoms with Crippen molar-refractivity contribution in [1.82, 2.24) is 5.32 Å². The first-order valence-corrected chi connectivity index (χ1v) is 9.78. The molecule has 5 nitrogen and oxygen atoms in total. The lowest BCUT2D eigenvalue weighted by atomic mass is 10.1. The summed E-state index contributed by atoms with van der Waals surface area (Å²) < 4.78 is 31.2. The molecule has 0 fully saturated rings. The maximum Gasteiger partial charge on any atom is 0.408 e. The van der Waals surface area contributed by atoms with Gasteiger partial charge in [0, 0.05) is 0 Å². The Labute approximate surface area is 148 Å². The van der Waals surface area contributed by atoms with Crippen molar-refractivity contribution < 1.29 is 17.9 Å². The average Bonchev–Trinajstić information content (AvgIpc) is 2.60. The first-order valence-electron chi connectivity index (χ1n) is 8.24. The van der Waals surface area contributed by atoms with Crippen LogP contribution in [0.4, 0.5) is 4.79 Å². The smallest absolute Gasteiger partial charge is 0.408 e. The fourth-order valence-electron chi connectivity index (χ4n) is 2.38. The van der Waals surface area contributed by atoms with Crippen LogP contribution >= 0.6 is 0 Å². The summed E-state index contributed by atoms with van der Waals surface area (Å²) in [6, 6.07) is 15.1. The van der Waals surface area contributed by atoms with E-state index in [9.17, 15) is 13.2 Å². The second kappa shape index (κ2) is 8.67. The van der Waals surface area contributed by atoms with Crippen molar-refractivity contribution >= 4 is 15.9 Å². The second-order valence-corrected chi connectivity index (χ2v) is 7.82. The summed E-state index contributed by atoms with van der Waals surface area (Å²) in [6.07, 6.45) is 0.879. The summed E-state index contributed by atoms with van der Waals surface area (Å²) in [5, 5.41) is 1.30. The molecule has 0 heterocycles. The van der Waals surface area contributed by atoms with Gasteiger partial charge in [-0.15, -0.1) is 0 Å². The van der Waals surface area contributed by atoms with Crippen molar-refractivity contribution in [3.05, 3.63) is 65.7 Å². The Morgan fingerprint density at radius 1 is 1.12 bits per heavy atom. The normalized spacial score (nSPS) is 12.4. The zero-order chi connectivity index (χ0) is 18.3. The van der Waals surface area contributed by atoms with E-state index in [0.29, 0.717) is 5.56 Å². The molecule has 25 heavy (non-hydrogen) atoms. The van der Waals surface area contributed by atoms with Crippen LogP contribution in [-0.4, -0.2) is 21.1 Å². The van der Waals surface area contributed by atoms with E-state index in [-0.39, 0.29) is 11.5 Å². The Balaban J connectivity index is 2.34. The molecule has 0 radical (unpaired) electrons. The minimum atomic E-state index is -3.81. The number of aryl methyl sites for hydroxylation is 1. The van der Waals surface area contributed by atoms with Crippen LogP contribution < -0.4 is 5.32 Å². The van der Waals surface area contributed by atoms with E-state index < -0.39 is 21.3 Å². The molecule has 0 saturated carbocycles. The maximum absolute atomic E-state index is 13.0. The lowest BCUT2D eigenvalue weighted by Crippen LogP contribution is -2.34. The number of carbonyl (C=O) groups is 1. The molecule has 0 spiro atoms. The topological polar surface area (TPSA) is 72.5 Å². The standard InChI is InChI=1S/C19H23NO4S/c1-3-4-13-24-19(21)20-18(16-10-8-9-15(2)14-16)25(22,23)17-11-6-5-7-12-17/h5-12,14,18H,3-4,13H2,1-2H3,(H,20,21). The molecule has 2 rings (SSSR count). The predicted octanol–water partition coefficient (Wildman–Crippen LogP) is 3.99. The monoisotopic (exact) mass is 361 g/mol. The number of sulfone groups is 1. The molecular weight excluding hydrogens is 338 g/mol. The fourth-order valence-corrected chi connectivity index (χ4v) is 3.94. The van der Waals surface area contributed by atoms with E-state index in [1.54, 1.807) is 36.4 Å². The van der Waals surface area contributed by atoms with Crippen LogP contribution in [0.2, 0.25) is 0 Å². The highest BCUT2D eigenvalue weighted by atomic mass is 32.2. The van der Waals surface area contributed by atoms with Gasteiger partial charge >= 0.3 is 6.09 Å². The van der Waals surface area contributed by atoms with Gasteiger partial charge in [-0.25, -0.2) is 13.2 Å². The molecule has 1 atom stereocenters. The number of alkyl carbamates (subject to hydrolysis) is 1. The number of hydrogen-bond acceptors (Lipinski definition) is 4. The Hall–Kier alpha value is -2.34. The van der Waals surface area contributed by atoms with Gasteiger partial charge in [0.15, 0.2) is 5.37 Å². The fraction of sp³-hybridized carbons (Fsp3) is 0.316. The molecule has 0 aliphatic heterocycles. The zero-order valence-corrected chi connectivity index (χ0v) is 15.3. The molecule has 6 heteroatoms. The largest absolute Gasteiger partial charge is 0.450 e. The molecule has 2 aromatic carbocycles. The number of carbonyl (C=O) groups excluding carboxylic acids is 1. The number of hydrogen-bond donors (Lipinski definition) is 1. The number of amides is 1. The molecule has 0 saturated heterocycles. The predicted molar refractivity (Wildman–Crippen MR) is 96.9 cm³/mol. The minimum Gasteiger partial charge on any atom is -0.450 e. The van der Waals surface area contributed by atoms with Gasteiger partial charge in [-0.05, 0) is 31.0 Å². The molecule has 134 valence electrons.